The summed E-state index contributed by atoms with van der Waals surface area (Å²) in [4.78, 5) is 34.8. The van der Waals surface area contributed by atoms with E-state index in [-0.39, 0.29) is 30.8 Å². The van der Waals surface area contributed by atoms with Gasteiger partial charge in [0.15, 0.2) is 22.4 Å². The number of cyclic esters (lactones) is 1. The maximum Gasteiger partial charge on any atom is 0.311 e. The summed E-state index contributed by atoms with van der Waals surface area (Å²) in [7, 11) is 0.0384. The molecule has 2 bridgehead atoms. The predicted octanol–water partition coefficient (Wildman–Crippen LogP) is 6.19. The van der Waals surface area contributed by atoms with Gasteiger partial charge in [0.1, 0.15) is 30.6 Å². The number of nitrogens with zero attached hydrogens (tertiary/aromatic N) is 5. The van der Waals surface area contributed by atoms with Crippen LogP contribution in [-0.4, -0.2) is 180 Å². The molecule has 4 aliphatic heterocycles. The van der Waals surface area contributed by atoms with Gasteiger partial charge in [-0.25, -0.2) is 22.5 Å². The average Bonchev–Trinajstić information content (AvgIpc) is 3.86. The second kappa shape index (κ2) is 26.1. The van der Waals surface area contributed by atoms with Crippen LogP contribution in [0.4, 0.5) is 4.39 Å². The van der Waals surface area contributed by atoms with E-state index in [1.807, 2.05) is 46.6 Å². The van der Waals surface area contributed by atoms with E-state index in [1.165, 1.54) is 30.8 Å². The fourth-order valence-electron chi connectivity index (χ4n) is 12.6. The number of ether oxygens (including phenoxy) is 7. The van der Waals surface area contributed by atoms with E-state index in [0.29, 0.717) is 50.1 Å². The molecule has 6 rings (SSSR count). The number of halogens is 1. The number of alkyl halides is 1. The molecule has 0 aliphatic carbocycles. The van der Waals surface area contributed by atoms with Crippen molar-refractivity contribution in [2.24, 2.45) is 34.1 Å². The first-order valence-corrected chi connectivity index (χ1v) is 29.6. The van der Waals surface area contributed by atoms with Crippen LogP contribution in [0.15, 0.2) is 52.5 Å². The predicted molar refractivity (Wildman–Crippen MR) is 290 cm³/mol. The molecule has 19 nitrogen and oxygen atoms in total. The summed E-state index contributed by atoms with van der Waals surface area (Å²) in [6, 6.07) is 5.22. The average molecular weight is 1120 g/mol. The van der Waals surface area contributed by atoms with E-state index in [0.717, 1.165) is 17.4 Å². The van der Waals surface area contributed by atoms with Crippen LogP contribution in [0.25, 0.3) is 0 Å². The van der Waals surface area contributed by atoms with Gasteiger partial charge in [-0.1, -0.05) is 64.1 Å². The number of hydrogen-bond donors (Lipinski definition) is 3. The molecule has 5 heterocycles. The van der Waals surface area contributed by atoms with Gasteiger partial charge in [0.25, 0.3) is 0 Å². The molecule has 440 valence electrons. The number of benzene rings is 1. The molecule has 4 saturated heterocycles. The highest BCUT2D eigenvalue weighted by Gasteiger charge is 2.54. The Morgan fingerprint density at radius 3 is 2.35 bits per heavy atom. The fourth-order valence-corrected chi connectivity index (χ4v) is 13.2. The minimum atomic E-state index is -3.38. The van der Waals surface area contributed by atoms with E-state index in [2.05, 4.69) is 28.8 Å². The van der Waals surface area contributed by atoms with E-state index in [1.54, 1.807) is 46.0 Å². The molecule has 0 saturated carbocycles. The highest BCUT2D eigenvalue weighted by molar-refractivity contribution is 7.90. The molecule has 0 unspecified atom stereocenters. The molecule has 0 spiro atoms. The minimum Gasteiger partial charge on any atom is -0.459 e. The number of carbonyl (C=O) groups excluding carboxylic acids is 2. The summed E-state index contributed by atoms with van der Waals surface area (Å²) in [6.45, 7) is 24.0. The number of fused-ring (bicyclic) bond motifs is 5. The van der Waals surface area contributed by atoms with Gasteiger partial charge >= 0.3 is 5.97 Å². The van der Waals surface area contributed by atoms with Crippen molar-refractivity contribution in [2.75, 3.05) is 40.2 Å². The third-order valence-corrected chi connectivity index (χ3v) is 18.4. The molecule has 3 N–H and O–H groups in total. The highest BCUT2D eigenvalue weighted by atomic mass is 32.2. The van der Waals surface area contributed by atoms with Crippen molar-refractivity contribution in [3.8, 4) is 0 Å². The van der Waals surface area contributed by atoms with Crippen molar-refractivity contribution in [1.29, 1.82) is 0 Å². The number of aliphatic hydroxyl groups is 3. The van der Waals surface area contributed by atoms with Crippen LogP contribution in [0, 0.1) is 29.1 Å². The lowest BCUT2D eigenvalue weighted by Gasteiger charge is -2.50. The summed E-state index contributed by atoms with van der Waals surface area (Å²) in [5.74, 6) is -3.84. The summed E-state index contributed by atoms with van der Waals surface area (Å²) in [6.07, 6.45) is -3.80. The second-order valence-electron chi connectivity index (χ2n) is 23.8. The Labute approximate surface area is 461 Å². The van der Waals surface area contributed by atoms with E-state index in [4.69, 9.17) is 33.2 Å². The van der Waals surface area contributed by atoms with E-state index >= 15 is 0 Å². The zero-order valence-corrected chi connectivity index (χ0v) is 49.3. The van der Waals surface area contributed by atoms with Gasteiger partial charge in [0, 0.05) is 69.5 Å². The number of carbonyl (C=O) groups is 2. The Morgan fingerprint density at radius 1 is 1.05 bits per heavy atom. The lowest BCUT2D eigenvalue weighted by molar-refractivity contribution is -0.314. The molecule has 1 amide bonds. The van der Waals surface area contributed by atoms with Crippen LogP contribution < -0.4 is 0 Å². The molecular weight excluding hydrogens is 1030 g/mol. The second-order valence-corrected chi connectivity index (χ2v) is 25.9. The molecule has 19 atom stereocenters. The van der Waals surface area contributed by atoms with Crippen LogP contribution in [0.2, 0.25) is 0 Å². The normalized spacial score (nSPS) is 38.8. The van der Waals surface area contributed by atoms with Crippen LogP contribution >= 0.6 is 0 Å². The Bertz CT molecular complexity index is 2500. The van der Waals surface area contributed by atoms with E-state index < -0.39 is 142 Å². The van der Waals surface area contributed by atoms with Crippen LogP contribution in [0.5, 0.6) is 0 Å². The Kier molecular flexibility index (Phi) is 21.3. The Balaban J connectivity index is 1.37. The van der Waals surface area contributed by atoms with Gasteiger partial charge in [0.05, 0.1) is 65.3 Å². The third-order valence-electron chi connectivity index (χ3n) is 17.3. The van der Waals surface area contributed by atoms with Crippen LogP contribution in [0.1, 0.15) is 132 Å². The van der Waals surface area contributed by atoms with Crippen molar-refractivity contribution >= 4 is 27.4 Å². The summed E-state index contributed by atoms with van der Waals surface area (Å²) >= 11 is 0. The Hall–Kier alpha value is -3.61. The Morgan fingerprint density at radius 2 is 1.73 bits per heavy atom. The van der Waals surface area contributed by atoms with Gasteiger partial charge in [-0.05, 0) is 109 Å². The van der Waals surface area contributed by atoms with Crippen molar-refractivity contribution in [2.45, 2.75) is 217 Å². The molecule has 1 aromatic heterocycles. The molecule has 2 aromatic rings. The van der Waals surface area contributed by atoms with Gasteiger partial charge in [0.2, 0.25) is 5.91 Å². The number of esters is 1. The third kappa shape index (κ3) is 14.7. The number of aromatic nitrogens is 3. The maximum atomic E-state index is 14.9. The molecule has 78 heavy (non-hydrogen) atoms. The molecular formula is C57H90FN5O14S. The zero-order valence-electron chi connectivity index (χ0n) is 48.5. The largest absolute Gasteiger partial charge is 0.459 e. The maximum absolute atomic E-state index is 14.9. The van der Waals surface area contributed by atoms with Gasteiger partial charge in [-0.15, -0.1) is 5.10 Å². The first kappa shape index (κ1) is 63.6. The topological polar surface area (TPSA) is 240 Å². The number of aliphatic hydroxyl groups excluding tert-OH is 2. The quantitative estimate of drug-likeness (QED) is 0.133. The standard InChI is InChI=1S/C57H90FN5O14S/c1-16-45-57(12,68)52-35(5)47(59-39(9)64)33(3)27-55(10,23-21-32(2)31-72-52)51(36(6)49(37(7)53(67)75-45)76-46-28-56(11,71-14)50(66)38(8)74-46)77-54-48(65)44(25-34(4)73-54)62(13)24-22-41-30-63(61-60-41)42(29-58)26-40-17-19-43(20-18-40)78(15,69)70/h17-20,30,33-38,42,44-46,48-52,54,65-66,68H,2,16,21-29,31H2,1,3-15H3/t33-,34-,35+,36+,37-,38+,42+,44+,45-,46+,48-,49+,50+,51-,52-,54+,55-,56-,57-/m1/s1. The number of rotatable bonds is 15. The highest BCUT2D eigenvalue weighted by Crippen LogP contribution is 2.47. The summed E-state index contributed by atoms with van der Waals surface area (Å²) < 4.78 is 86.2. The molecule has 1 aromatic carbocycles. The van der Waals surface area contributed by atoms with Gasteiger partial charge in [-0.2, -0.15) is 0 Å². The van der Waals surface area contributed by atoms with Gasteiger partial charge < -0.3 is 53.4 Å². The number of hydrogen-bond acceptors (Lipinski definition) is 17. The minimum absolute atomic E-state index is 0.0595. The number of sulfone groups is 1. The fraction of sp³-hybridized carbons (Fsp3) is 0.772. The lowest BCUT2D eigenvalue weighted by atomic mass is 9.66. The molecule has 4 aliphatic rings. The van der Waals surface area contributed by atoms with E-state index in [9.17, 15) is 37.7 Å². The molecule has 4 fully saturated rings. The first-order chi connectivity index (χ1) is 36.5. The monoisotopic (exact) mass is 1120 g/mol. The SMILES string of the molecule is C=C1CC[C@]2(C)C[C@@H](C)C(=NC(C)=O)[C@H](C)[C@@H](OC1)[C@](C)(O)[C@@H](CC)OC(=O)[C@H](C)[C@@H](O[C@H]1C[C@@](C)(OC)[C@@H](O)[C@H](C)O1)[C@H](C)[C@H]2O[C@@H]1O[C@H](C)C[C@H](N(C)CCc2cn([C@H](CF)Cc3ccc(S(C)(=O)=O)cc3)nn2)[C@H]1O. The zero-order chi connectivity index (χ0) is 57.8. The number of likely N-dealkylation sites (N-methyl/N-ethyl adjacent to an activating group) is 1. The number of aliphatic imine (C=N–C) groups is 1. The van der Waals surface area contributed by atoms with Gasteiger partial charge in [-0.3, -0.25) is 9.59 Å². The van der Waals surface area contributed by atoms with Crippen molar-refractivity contribution in [1.82, 2.24) is 19.9 Å². The van der Waals surface area contributed by atoms with Crippen molar-refractivity contribution in [3.63, 3.8) is 0 Å². The number of methoxy groups -OCH3 is 1. The summed E-state index contributed by atoms with van der Waals surface area (Å²) in [5.41, 5.74) is -1.10. The van der Waals surface area contributed by atoms with Crippen LogP contribution in [-0.2, 0) is 65.4 Å². The number of amides is 1. The summed E-state index contributed by atoms with van der Waals surface area (Å²) in [5, 5.41) is 45.1. The smallest absolute Gasteiger partial charge is 0.311 e. The van der Waals surface area contributed by atoms with Crippen LogP contribution in [0.3, 0.4) is 0 Å². The molecule has 0 radical (unpaired) electrons. The lowest BCUT2D eigenvalue weighted by Crippen LogP contribution is -2.60. The van der Waals surface area contributed by atoms with Crippen molar-refractivity contribution in [3.05, 3.63) is 53.9 Å². The molecule has 21 heteroatoms. The first-order valence-electron chi connectivity index (χ1n) is 27.8. The van der Waals surface area contributed by atoms with Crippen molar-refractivity contribution < 1.29 is 70.9 Å².